The van der Waals surface area contributed by atoms with Gasteiger partial charge in [-0.25, -0.2) is 4.39 Å². The van der Waals surface area contributed by atoms with E-state index >= 15 is 0 Å². The lowest BCUT2D eigenvalue weighted by atomic mass is 10.2. The number of hydrogen-bond donors (Lipinski definition) is 1. The lowest BCUT2D eigenvalue weighted by Gasteiger charge is -2.12. The van der Waals surface area contributed by atoms with Crippen LogP contribution in [-0.2, 0) is 13.2 Å². The Morgan fingerprint density at radius 1 is 1.19 bits per heavy atom. The van der Waals surface area contributed by atoms with Crippen molar-refractivity contribution < 1.29 is 9.13 Å². The largest absolute Gasteiger partial charge is 0.489 e. The molecule has 21 heavy (non-hydrogen) atoms. The van der Waals surface area contributed by atoms with Gasteiger partial charge in [-0.15, -0.1) is 0 Å². The lowest BCUT2D eigenvalue weighted by Crippen LogP contribution is -2.22. The molecule has 4 heteroatoms. The van der Waals surface area contributed by atoms with E-state index in [0.29, 0.717) is 12.6 Å². The van der Waals surface area contributed by atoms with Gasteiger partial charge in [-0.3, -0.25) is 0 Å². The van der Waals surface area contributed by atoms with Crippen LogP contribution in [0.2, 0.25) is 0 Å². The van der Waals surface area contributed by atoms with Gasteiger partial charge >= 0.3 is 0 Å². The first-order chi connectivity index (χ1) is 10.0. The Kier molecular flexibility index (Phi) is 5.76. The summed E-state index contributed by atoms with van der Waals surface area (Å²) in [6.45, 7) is 5.35. The van der Waals surface area contributed by atoms with E-state index in [-0.39, 0.29) is 5.82 Å². The highest BCUT2D eigenvalue weighted by Crippen LogP contribution is 2.23. The van der Waals surface area contributed by atoms with Crippen LogP contribution in [-0.4, -0.2) is 6.04 Å². The van der Waals surface area contributed by atoms with E-state index in [4.69, 9.17) is 4.74 Å². The van der Waals surface area contributed by atoms with Crippen molar-refractivity contribution in [1.29, 1.82) is 0 Å². The van der Waals surface area contributed by atoms with Gasteiger partial charge in [-0.2, -0.15) is 0 Å². The van der Waals surface area contributed by atoms with Crippen molar-refractivity contribution in [3.63, 3.8) is 0 Å². The molecule has 0 aliphatic rings. The third-order valence-electron chi connectivity index (χ3n) is 3.01. The highest BCUT2D eigenvalue weighted by molar-refractivity contribution is 9.10. The highest BCUT2D eigenvalue weighted by Gasteiger charge is 2.04. The molecule has 0 amide bonds. The molecule has 2 aromatic rings. The van der Waals surface area contributed by atoms with E-state index in [1.807, 2.05) is 24.3 Å². The molecule has 2 aromatic carbocycles. The Hall–Kier alpha value is -1.39. The molecular weight excluding hydrogens is 333 g/mol. The van der Waals surface area contributed by atoms with E-state index in [1.54, 1.807) is 6.07 Å². The Bertz CT molecular complexity index is 601. The van der Waals surface area contributed by atoms with Crippen LogP contribution in [0, 0.1) is 5.82 Å². The third-order valence-corrected chi connectivity index (χ3v) is 3.79. The summed E-state index contributed by atoms with van der Waals surface area (Å²) in [4.78, 5) is 0. The fraction of sp³-hybridized carbons (Fsp3) is 0.294. The lowest BCUT2D eigenvalue weighted by molar-refractivity contribution is 0.305. The van der Waals surface area contributed by atoms with Crippen molar-refractivity contribution in [2.24, 2.45) is 0 Å². The molecule has 0 saturated heterocycles. The summed E-state index contributed by atoms with van der Waals surface area (Å²) in [5, 5.41) is 3.38. The Balaban J connectivity index is 2.01. The summed E-state index contributed by atoms with van der Waals surface area (Å²) >= 11 is 3.54. The molecule has 2 nitrogen and oxygen atoms in total. The predicted octanol–water partition coefficient (Wildman–Crippen LogP) is 4.67. The van der Waals surface area contributed by atoms with Crippen LogP contribution < -0.4 is 10.1 Å². The van der Waals surface area contributed by atoms with E-state index in [2.05, 4.69) is 35.1 Å². The normalized spacial score (nSPS) is 10.9. The smallest absolute Gasteiger partial charge is 0.123 e. The summed E-state index contributed by atoms with van der Waals surface area (Å²) in [6, 6.07) is 12.8. The van der Waals surface area contributed by atoms with E-state index in [0.717, 1.165) is 27.9 Å². The zero-order valence-corrected chi connectivity index (χ0v) is 13.8. The zero-order valence-electron chi connectivity index (χ0n) is 12.2. The van der Waals surface area contributed by atoms with E-state index < -0.39 is 0 Å². The number of ether oxygens (including phenoxy) is 1. The maximum atomic E-state index is 13.1. The van der Waals surface area contributed by atoms with Crippen molar-refractivity contribution in [1.82, 2.24) is 5.32 Å². The number of benzene rings is 2. The third kappa shape index (κ3) is 5.14. The maximum absolute atomic E-state index is 13.1. The van der Waals surface area contributed by atoms with Crippen molar-refractivity contribution in [2.75, 3.05) is 0 Å². The highest BCUT2D eigenvalue weighted by atomic mass is 79.9. The topological polar surface area (TPSA) is 21.3 Å². The Morgan fingerprint density at radius 3 is 2.71 bits per heavy atom. The first-order valence-electron chi connectivity index (χ1n) is 6.93. The fourth-order valence-electron chi connectivity index (χ4n) is 1.88. The average Bonchev–Trinajstić information content (AvgIpc) is 2.45. The number of hydrogen-bond acceptors (Lipinski definition) is 2. The quantitative estimate of drug-likeness (QED) is 0.816. The molecule has 0 saturated carbocycles. The molecule has 0 spiro atoms. The number of nitrogens with one attached hydrogen (secondary N) is 1. The van der Waals surface area contributed by atoms with Crippen LogP contribution in [0.3, 0.4) is 0 Å². The van der Waals surface area contributed by atoms with Crippen molar-refractivity contribution >= 4 is 15.9 Å². The minimum Gasteiger partial charge on any atom is -0.489 e. The van der Waals surface area contributed by atoms with Crippen LogP contribution >= 0.6 is 15.9 Å². The molecule has 0 atom stereocenters. The monoisotopic (exact) mass is 351 g/mol. The van der Waals surface area contributed by atoms with Crippen LogP contribution in [0.1, 0.15) is 25.0 Å². The predicted molar refractivity (Wildman–Crippen MR) is 86.8 cm³/mol. The zero-order chi connectivity index (χ0) is 15.2. The summed E-state index contributed by atoms with van der Waals surface area (Å²) in [7, 11) is 0. The second kappa shape index (κ2) is 7.57. The molecule has 0 radical (unpaired) electrons. The average molecular weight is 352 g/mol. The van der Waals surface area contributed by atoms with E-state index in [1.165, 1.54) is 12.1 Å². The molecule has 0 aliphatic heterocycles. The van der Waals surface area contributed by atoms with E-state index in [9.17, 15) is 4.39 Å². The van der Waals surface area contributed by atoms with Gasteiger partial charge in [-0.1, -0.05) is 41.9 Å². The van der Waals surface area contributed by atoms with Crippen molar-refractivity contribution in [3.8, 4) is 5.75 Å². The van der Waals surface area contributed by atoms with Crippen LogP contribution in [0.4, 0.5) is 4.39 Å². The van der Waals surface area contributed by atoms with Gasteiger partial charge < -0.3 is 10.1 Å². The molecule has 2 rings (SSSR count). The SMILES string of the molecule is CC(C)NCc1cc(OCc2cccc(F)c2)ccc1Br. The van der Waals surface area contributed by atoms with Crippen LogP contribution in [0.25, 0.3) is 0 Å². The summed E-state index contributed by atoms with van der Waals surface area (Å²) in [5.41, 5.74) is 1.96. The first-order valence-corrected chi connectivity index (χ1v) is 7.73. The molecule has 0 fully saturated rings. The molecule has 1 N–H and O–H groups in total. The van der Waals surface area contributed by atoms with Crippen molar-refractivity contribution in [2.45, 2.75) is 33.0 Å². The molecule has 0 aromatic heterocycles. The van der Waals surface area contributed by atoms with Gasteiger partial charge in [0.15, 0.2) is 0 Å². The Morgan fingerprint density at radius 2 is 2.00 bits per heavy atom. The van der Waals surface area contributed by atoms with Gasteiger partial charge in [0.05, 0.1) is 0 Å². The minimum absolute atomic E-state index is 0.242. The van der Waals surface area contributed by atoms with Gasteiger partial charge in [-0.05, 0) is 41.5 Å². The maximum Gasteiger partial charge on any atom is 0.123 e. The Labute approximate surface area is 133 Å². The first kappa shape index (κ1) is 16.0. The van der Waals surface area contributed by atoms with Gasteiger partial charge in [0.2, 0.25) is 0 Å². The van der Waals surface area contributed by atoms with Crippen LogP contribution in [0.5, 0.6) is 5.75 Å². The van der Waals surface area contributed by atoms with Crippen LogP contribution in [0.15, 0.2) is 46.9 Å². The summed E-state index contributed by atoms with van der Waals surface area (Å²) in [6.07, 6.45) is 0. The molecule has 0 bridgehead atoms. The molecular formula is C17H19BrFNO. The van der Waals surface area contributed by atoms with Crippen molar-refractivity contribution in [3.05, 3.63) is 63.9 Å². The summed E-state index contributed by atoms with van der Waals surface area (Å²) in [5.74, 6) is 0.539. The van der Waals surface area contributed by atoms with Gasteiger partial charge in [0, 0.05) is 17.1 Å². The molecule has 0 heterocycles. The standard InChI is InChI=1S/C17H19BrFNO/c1-12(2)20-10-14-9-16(6-7-17(14)18)21-11-13-4-3-5-15(19)8-13/h3-9,12,20H,10-11H2,1-2H3. The van der Waals surface area contributed by atoms with Gasteiger partial charge in [0.1, 0.15) is 18.2 Å². The number of halogens is 2. The second-order valence-corrected chi connectivity index (χ2v) is 6.06. The molecule has 0 aliphatic carbocycles. The molecule has 112 valence electrons. The fourth-order valence-corrected chi connectivity index (χ4v) is 2.27. The second-order valence-electron chi connectivity index (χ2n) is 5.21. The number of rotatable bonds is 6. The summed E-state index contributed by atoms with van der Waals surface area (Å²) < 4.78 is 19.9. The molecule has 0 unspecified atom stereocenters. The van der Waals surface area contributed by atoms with Gasteiger partial charge in [0.25, 0.3) is 0 Å². The minimum atomic E-state index is -0.242.